The molecule has 3 rings (SSSR count). The van der Waals surface area contributed by atoms with Gasteiger partial charge in [-0.1, -0.05) is 37.8 Å². The van der Waals surface area contributed by atoms with E-state index in [2.05, 4.69) is 11.9 Å². The molecule has 3 nitrogen and oxygen atoms in total. The van der Waals surface area contributed by atoms with Crippen LogP contribution in [-0.4, -0.2) is 14.5 Å². The molecule has 0 spiro atoms. The molecule has 2 aromatic heterocycles. The Balaban J connectivity index is 2.07. The first-order chi connectivity index (χ1) is 9.12. The Hall–Kier alpha value is -1.06. The smallest absolute Gasteiger partial charge is 0.0992 e. The van der Waals surface area contributed by atoms with Gasteiger partial charge in [0.1, 0.15) is 0 Å². The van der Waals surface area contributed by atoms with Crippen molar-refractivity contribution in [1.82, 2.24) is 9.38 Å². The van der Waals surface area contributed by atoms with E-state index in [1.807, 2.05) is 16.7 Å². The van der Waals surface area contributed by atoms with E-state index >= 15 is 0 Å². The molecule has 0 amide bonds. The van der Waals surface area contributed by atoms with Gasteiger partial charge in [-0.3, -0.25) is 0 Å². The molecule has 1 N–H and O–H groups in total. The van der Waals surface area contributed by atoms with Crippen molar-refractivity contribution < 1.29 is 5.11 Å². The van der Waals surface area contributed by atoms with Gasteiger partial charge in [0.15, 0.2) is 0 Å². The third-order valence-corrected chi connectivity index (χ3v) is 4.84. The highest BCUT2D eigenvalue weighted by molar-refractivity contribution is 6.31. The van der Waals surface area contributed by atoms with Crippen LogP contribution in [0.2, 0.25) is 5.02 Å². The number of hydrogen-bond acceptors (Lipinski definition) is 2. The normalized spacial score (nSPS) is 20.6. The van der Waals surface area contributed by atoms with E-state index in [1.165, 1.54) is 19.3 Å². The predicted molar refractivity (Wildman–Crippen MR) is 76.4 cm³/mol. The van der Waals surface area contributed by atoms with Crippen molar-refractivity contribution in [3.05, 3.63) is 35.4 Å². The second-order valence-corrected chi connectivity index (χ2v) is 6.29. The molecule has 1 fully saturated rings. The maximum Gasteiger partial charge on any atom is 0.0992 e. The first-order valence-electron chi connectivity index (χ1n) is 6.90. The molecular formula is C15H19ClN2O. The molecular weight excluding hydrogens is 260 g/mol. The van der Waals surface area contributed by atoms with Crippen LogP contribution in [0, 0.1) is 5.41 Å². The van der Waals surface area contributed by atoms with Crippen LogP contribution in [0.4, 0.5) is 0 Å². The summed E-state index contributed by atoms with van der Waals surface area (Å²) in [7, 11) is 0. The number of rotatable bonds is 2. The van der Waals surface area contributed by atoms with Crippen molar-refractivity contribution in [3.8, 4) is 0 Å². The summed E-state index contributed by atoms with van der Waals surface area (Å²) in [5, 5.41) is 11.5. The Morgan fingerprint density at radius 3 is 2.84 bits per heavy atom. The van der Waals surface area contributed by atoms with Gasteiger partial charge >= 0.3 is 0 Å². The zero-order valence-corrected chi connectivity index (χ0v) is 11.9. The van der Waals surface area contributed by atoms with E-state index in [0.717, 1.165) is 23.9 Å². The number of aromatic nitrogens is 2. The summed E-state index contributed by atoms with van der Waals surface area (Å²) < 4.78 is 1.91. The number of aliphatic hydroxyl groups excluding tert-OH is 1. The highest BCUT2D eigenvalue weighted by Crippen LogP contribution is 2.47. The van der Waals surface area contributed by atoms with Gasteiger partial charge in [0.05, 0.1) is 29.2 Å². The molecule has 1 aliphatic carbocycles. The lowest BCUT2D eigenvalue weighted by Gasteiger charge is -2.38. The summed E-state index contributed by atoms with van der Waals surface area (Å²) in [6, 6.07) is 1.83. The largest absolute Gasteiger partial charge is 0.388 e. The minimum absolute atomic E-state index is 0.0754. The Kier molecular flexibility index (Phi) is 3.27. The van der Waals surface area contributed by atoms with Crippen LogP contribution in [0.25, 0.3) is 5.52 Å². The van der Waals surface area contributed by atoms with E-state index < -0.39 is 6.10 Å². The average Bonchev–Trinajstić information content (AvgIpc) is 2.87. The summed E-state index contributed by atoms with van der Waals surface area (Å²) in [6.07, 6.45) is 10.6. The quantitative estimate of drug-likeness (QED) is 0.902. The van der Waals surface area contributed by atoms with E-state index in [-0.39, 0.29) is 5.41 Å². The molecule has 2 aromatic rings. The van der Waals surface area contributed by atoms with Crippen LogP contribution in [-0.2, 0) is 0 Å². The van der Waals surface area contributed by atoms with Crippen molar-refractivity contribution in [1.29, 1.82) is 0 Å². The number of pyridine rings is 1. The van der Waals surface area contributed by atoms with Gasteiger partial charge in [-0.05, 0) is 24.3 Å². The zero-order valence-electron chi connectivity index (χ0n) is 11.1. The van der Waals surface area contributed by atoms with Gasteiger partial charge in [0.25, 0.3) is 0 Å². The predicted octanol–water partition coefficient (Wildman–Crippen LogP) is 3.99. The van der Waals surface area contributed by atoms with Crippen molar-refractivity contribution >= 4 is 17.1 Å². The van der Waals surface area contributed by atoms with Gasteiger partial charge in [-0.15, -0.1) is 0 Å². The van der Waals surface area contributed by atoms with Gasteiger partial charge in [-0.25, -0.2) is 4.98 Å². The highest BCUT2D eigenvalue weighted by atomic mass is 35.5. The molecule has 102 valence electrons. The summed E-state index contributed by atoms with van der Waals surface area (Å²) >= 11 is 6.34. The molecule has 0 aliphatic heterocycles. The fourth-order valence-electron chi connectivity index (χ4n) is 3.24. The van der Waals surface area contributed by atoms with Crippen LogP contribution in [0.1, 0.15) is 50.7 Å². The van der Waals surface area contributed by atoms with Crippen molar-refractivity contribution in [2.45, 2.75) is 45.1 Å². The summed E-state index contributed by atoms with van der Waals surface area (Å²) in [5.74, 6) is 0. The lowest BCUT2D eigenvalue weighted by molar-refractivity contribution is 0.00904. The average molecular weight is 279 g/mol. The first kappa shape index (κ1) is 12.9. The molecule has 0 saturated heterocycles. The fraction of sp³-hybridized carbons (Fsp3) is 0.533. The topological polar surface area (TPSA) is 37.5 Å². The van der Waals surface area contributed by atoms with Gasteiger partial charge < -0.3 is 9.51 Å². The van der Waals surface area contributed by atoms with E-state index in [9.17, 15) is 5.11 Å². The third-order valence-electron chi connectivity index (χ3n) is 4.51. The van der Waals surface area contributed by atoms with Crippen molar-refractivity contribution in [2.75, 3.05) is 0 Å². The molecule has 1 unspecified atom stereocenters. The Labute approximate surface area is 118 Å². The van der Waals surface area contributed by atoms with Crippen LogP contribution in [0.3, 0.4) is 0 Å². The second kappa shape index (κ2) is 4.80. The third kappa shape index (κ3) is 2.15. The standard InChI is InChI=1S/C15H19ClN2O/c1-15(6-3-2-4-7-15)14(19)13-11(16)5-8-18-10-17-9-12(13)18/h5,8-10,14,19H,2-4,6-7H2,1H3. The minimum atomic E-state index is -0.527. The molecule has 2 heterocycles. The Morgan fingerprint density at radius 1 is 1.37 bits per heavy atom. The molecule has 0 radical (unpaired) electrons. The van der Waals surface area contributed by atoms with Crippen molar-refractivity contribution in [3.63, 3.8) is 0 Å². The van der Waals surface area contributed by atoms with Crippen LogP contribution in [0.5, 0.6) is 0 Å². The summed E-state index contributed by atoms with van der Waals surface area (Å²) in [5.41, 5.74) is 1.66. The zero-order chi connectivity index (χ0) is 13.5. The monoisotopic (exact) mass is 278 g/mol. The molecule has 0 aromatic carbocycles. The van der Waals surface area contributed by atoms with E-state index in [4.69, 9.17) is 11.6 Å². The van der Waals surface area contributed by atoms with E-state index in [1.54, 1.807) is 12.5 Å². The van der Waals surface area contributed by atoms with Gasteiger partial charge in [0, 0.05) is 11.8 Å². The maximum absolute atomic E-state index is 10.9. The molecule has 1 aliphatic rings. The van der Waals surface area contributed by atoms with Crippen LogP contribution in [0.15, 0.2) is 24.8 Å². The maximum atomic E-state index is 10.9. The van der Waals surface area contributed by atoms with Gasteiger partial charge in [0.2, 0.25) is 0 Å². The number of fused-ring (bicyclic) bond motifs is 1. The lowest BCUT2D eigenvalue weighted by Crippen LogP contribution is -2.28. The lowest BCUT2D eigenvalue weighted by atomic mass is 9.70. The Morgan fingerprint density at radius 2 is 2.11 bits per heavy atom. The van der Waals surface area contributed by atoms with Gasteiger partial charge in [-0.2, -0.15) is 0 Å². The molecule has 1 saturated carbocycles. The molecule has 4 heteroatoms. The Bertz CT molecular complexity index is 587. The summed E-state index contributed by atoms with van der Waals surface area (Å²) in [6.45, 7) is 2.17. The number of imidazole rings is 1. The number of halogens is 1. The number of nitrogens with zero attached hydrogens (tertiary/aromatic N) is 2. The second-order valence-electron chi connectivity index (χ2n) is 5.88. The molecule has 19 heavy (non-hydrogen) atoms. The molecule has 0 bridgehead atoms. The highest BCUT2D eigenvalue weighted by Gasteiger charge is 2.37. The summed E-state index contributed by atoms with van der Waals surface area (Å²) in [4.78, 5) is 4.15. The first-order valence-corrected chi connectivity index (χ1v) is 7.28. The SMILES string of the molecule is CC1(C(O)c2c(Cl)ccn3cncc23)CCCCC1. The minimum Gasteiger partial charge on any atom is -0.388 e. The van der Waals surface area contributed by atoms with Crippen molar-refractivity contribution in [2.24, 2.45) is 5.41 Å². The van der Waals surface area contributed by atoms with E-state index in [0.29, 0.717) is 5.02 Å². The van der Waals surface area contributed by atoms with Crippen LogP contribution >= 0.6 is 11.6 Å². The molecule has 1 atom stereocenters. The number of aliphatic hydroxyl groups is 1. The fourth-order valence-corrected chi connectivity index (χ4v) is 3.50. The van der Waals surface area contributed by atoms with Crippen LogP contribution < -0.4 is 0 Å². The number of hydrogen-bond donors (Lipinski definition) is 1.